The van der Waals surface area contributed by atoms with E-state index in [0.29, 0.717) is 11.1 Å². The largest absolute Gasteiger partial charge is 0.477 e. The maximum Gasteiger partial charge on any atom is 0.418 e. The van der Waals surface area contributed by atoms with E-state index in [1.54, 1.807) is 6.92 Å². The van der Waals surface area contributed by atoms with Crippen molar-refractivity contribution in [2.75, 3.05) is 5.32 Å². The first-order valence-electron chi connectivity index (χ1n) is 8.81. The van der Waals surface area contributed by atoms with Crippen molar-refractivity contribution in [1.82, 2.24) is 25.3 Å². The average molecular weight is 501 g/mol. The van der Waals surface area contributed by atoms with Crippen molar-refractivity contribution in [2.24, 2.45) is 0 Å². The van der Waals surface area contributed by atoms with Crippen molar-refractivity contribution in [1.29, 1.82) is 0 Å². The molecule has 33 heavy (non-hydrogen) atoms. The van der Waals surface area contributed by atoms with Gasteiger partial charge < -0.3 is 15.7 Å². The molecule has 15 heteroatoms. The third-order valence-electron chi connectivity index (χ3n) is 3.99. The quantitative estimate of drug-likeness (QED) is 0.466. The van der Waals surface area contributed by atoms with Crippen LogP contribution in [0.1, 0.15) is 54.2 Å². The zero-order chi connectivity index (χ0) is 24.3. The van der Waals surface area contributed by atoms with Gasteiger partial charge in [0.15, 0.2) is 5.69 Å². The van der Waals surface area contributed by atoms with Crippen LogP contribution in [0.5, 0.6) is 0 Å². The van der Waals surface area contributed by atoms with Gasteiger partial charge in [0.2, 0.25) is 0 Å². The van der Waals surface area contributed by atoms with Gasteiger partial charge in [-0.1, -0.05) is 11.6 Å². The molecule has 0 saturated carbocycles. The monoisotopic (exact) mass is 500 g/mol. The van der Waals surface area contributed by atoms with Crippen molar-refractivity contribution in [2.45, 2.75) is 19.1 Å². The van der Waals surface area contributed by atoms with E-state index in [9.17, 15) is 27.6 Å². The molecule has 3 aromatic heterocycles. The van der Waals surface area contributed by atoms with Crippen LogP contribution in [0.2, 0.25) is 5.02 Å². The number of rotatable bonds is 6. The van der Waals surface area contributed by atoms with Crippen LogP contribution in [0, 0.1) is 0 Å². The fourth-order valence-electron chi connectivity index (χ4n) is 2.43. The van der Waals surface area contributed by atoms with E-state index >= 15 is 0 Å². The lowest BCUT2D eigenvalue weighted by molar-refractivity contribution is -0.137. The lowest BCUT2D eigenvalue weighted by Gasteiger charge is -2.11. The summed E-state index contributed by atoms with van der Waals surface area (Å²) in [5.41, 5.74) is -1.69. The first-order valence-corrected chi connectivity index (χ1v) is 10.0. The zero-order valence-electron chi connectivity index (χ0n) is 16.3. The number of hydrogen-bond donors (Lipinski definition) is 3. The highest BCUT2D eigenvalue weighted by atomic mass is 35.5. The summed E-state index contributed by atoms with van der Waals surface area (Å²) in [5.74, 6) is -3.14. The highest BCUT2D eigenvalue weighted by Gasteiger charge is 2.34. The molecule has 3 rings (SSSR count). The molecule has 0 bridgehead atoms. The Bertz CT molecular complexity index is 1240. The lowest BCUT2D eigenvalue weighted by Crippen LogP contribution is -2.27. The van der Waals surface area contributed by atoms with E-state index in [-0.39, 0.29) is 22.1 Å². The van der Waals surface area contributed by atoms with E-state index < -0.39 is 40.6 Å². The SMILES string of the molecule is CC(NC(=O)c1cc(C(=O)O)ncn1)c1ncc(C(=O)Nc2cc(C(F)(F)F)c(Cl)cn2)s1. The number of anilines is 1. The highest BCUT2D eigenvalue weighted by Crippen LogP contribution is 2.35. The number of carboxylic acid groups (broad SMARTS) is 1. The maximum absolute atomic E-state index is 13.0. The molecule has 3 N–H and O–H groups in total. The van der Waals surface area contributed by atoms with Gasteiger partial charge in [0.25, 0.3) is 11.8 Å². The van der Waals surface area contributed by atoms with Crippen LogP contribution in [-0.4, -0.2) is 42.8 Å². The van der Waals surface area contributed by atoms with Gasteiger partial charge in [-0.2, -0.15) is 13.2 Å². The number of alkyl halides is 3. The molecule has 0 spiro atoms. The smallest absolute Gasteiger partial charge is 0.418 e. The molecule has 0 radical (unpaired) electrons. The van der Waals surface area contributed by atoms with E-state index in [4.69, 9.17) is 16.7 Å². The van der Waals surface area contributed by atoms with Gasteiger partial charge in [-0.15, -0.1) is 11.3 Å². The molecule has 3 aromatic rings. The Balaban J connectivity index is 1.69. The molecule has 0 aliphatic rings. The first-order chi connectivity index (χ1) is 15.5. The fourth-order valence-corrected chi connectivity index (χ4v) is 3.45. The van der Waals surface area contributed by atoms with Gasteiger partial charge in [-0.25, -0.2) is 24.7 Å². The predicted octanol–water partition coefficient (Wildman–Crippen LogP) is 3.44. The number of hydrogen-bond acceptors (Lipinski definition) is 8. The molecule has 0 aliphatic carbocycles. The first kappa shape index (κ1) is 24.0. The number of carboxylic acids is 1. The molecule has 0 fully saturated rings. The average Bonchev–Trinajstić information content (AvgIpc) is 3.25. The third kappa shape index (κ3) is 5.78. The second-order valence-electron chi connectivity index (χ2n) is 6.35. The molecule has 0 saturated heterocycles. The number of carbonyl (C=O) groups is 3. The van der Waals surface area contributed by atoms with E-state index in [1.165, 1.54) is 6.20 Å². The summed E-state index contributed by atoms with van der Waals surface area (Å²) in [5, 5.41) is 13.4. The van der Waals surface area contributed by atoms with Gasteiger partial charge >= 0.3 is 12.1 Å². The topological polar surface area (TPSA) is 147 Å². The summed E-state index contributed by atoms with van der Waals surface area (Å²) in [7, 11) is 0. The Hall–Kier alpha value is -3.65. The number of nitrogens with zero attached hydrogens (tertiary/aromatic N) is 4. The maximum atomic E-state index is 13.0. The molecule has 172 valence electrons. The number of nitrogens with one attached hydrogen (secondary N) is 2. The van der Waals surface area contributed by atoms with Gasteiger partial charge in [-0.3, -0.25) is 9.59 Å². The van der Waals surface area contributed by atoms with Crippen molar-refractivity contribution in [3.8, 4) is 0 Å². The van der Waals surface area contributed by atoms with Crippen LogP contribution in [-0.2, 0) is 6.18 Å². The van der Waals surface area contributed by atoms with E-state index in [1.807, 2.05) is 0 Å². The van der Waals surface area contributed by atoms with Crippen molar-refractivity contribution in [3.05, 3.63) is 62.7 Å². The molecular formula is C18H12ClF3N6O4S. The van der Waals surface area contributed by atoms with Gasteiger partial charge in [0.1, 0.15) is 27.7 Å². The zero-order valence-corrected chi connectivity index (χ0v) is 17.9. The number of aromatic carboxylic acids is 1. The van der Waals surface area contributed by atoms with E-state index in [0.717, 1.165) is 29.9 Å². The number of pyridine rings is 1. The summed E-state index contributed by atoms with van der Waals surface area (Å²) in [4.78, 5) is 50.7. The van der Waals surface area contributed by atoms with Crippen LogP contribution in [0.3, 0.4) is 0 Å². The Labute approximate surface area is 191 Å². The normalized spacial score (nSPS) is 12.2. The van der Waals surface area contributed by atoms with Crippen molar-refractivity contribution >= 4 is 46.5 Å². The van der Waals surface area contributed by atoms with Crippen LogP contribution >= 0.6 is 22.9 Å². The standard InChI is InChI=1S/C18H12ClF3N6O4S/c1-7(27-14(29)10-3-11(17(31)32)26-6-25-10)16-24-5-12(33-16)15(30)28-13-2-8(18(20,21)22)9(19)4-23-13/h2-7H,1H3,(H,27,29)(H,31,32)(H,23,28,30). The van der Waals surface area contributed by atoms with Gasteiger partial charge in [-0.05, 0) is 13.0 Å². The summed E-state index contributed by atoms with van der Waals surface area (Å²) in [6, 6.07) is 0.912. The molecule has 0 aliphatic heterocycles. The van der Waals surface area contributed by atoms with Gasteiger partial charge in [0, 0.05) is 12.3 Å². The molecule has 3 heterocycles. The molecule has 1 unspecified atom stereocenters. The Morgan fingerprint density at radius 2 is 1.76 bits per heavy atom. The number of thiazole rings is 1. The highest BCUT2D eigenvalue weighted by molar-refractivity contribution is 7.13. The summed E-state index contributed by atoms with van der Waals surface area (Å²) < 4.78 is 38.9. The van der Waals surface area contributed by atoms with Crippen LogP contribution in [0.15, 0.2) is 30.9 Å². The fraction of sp³-hybridized carbons (Fsp3) is 0.167. The molecule has 0 aromatic carbocycles. The third-order valence-corrected chi connectivity index (χ3v) is 5.47. The molecule has 1 atom stereocenters. The van der Waals surface area contributed by atoms with Gasteiger partial charge in [0.05, 0.1) is 22.8 Å². The van der Waals surface area contributed by atoms with Crippen molar-refractivity contribution < 1.29 is 32.7 Å². The minimum atomic E-state index is -4.72. The number of amides is 2. The lowest BCUT2D eigenvalue weighted by atomic mass is 10.2. The molecule has 2 amide bonds. The predicted molar refractivity (Wildman–Crippen MR) is 109 cm³/mol. The Morgan fingerprint density at radius 1 is 1.06 bits per heavy atom. The van der Waals surface area contributed by atoms with Crippen LogP contribution < -0.4 is 10.6 Å². The summed E-state index contributed by atoms with van der Waals surface area (Å²) in [6.45, 7) is 1.56. The molecular weight excluding hydrogens is 489 g/mol. The number of carbonyl (C=O) groups excluding carboxylic acids is 2. The second kappa shape index (κ2) is 9.46. The van der Waals surface area contributed by atoms with Crippen molar-refractivity contribution in [3.63, 3.8) is 0 Å². The molecule has 10 nitrogen and oxygen atoms in total. The Kier molecular flexibility index (Phi) is 6.88. The summed E-state index contributed by atoms with van der Waals surface area (Å²) >= 11 is 6.39. The van der Waals surface area contributed by atoms with E-state index in [2.05, 4.69) is 30.6 Å². The summed E-state index contributed by atoms with van der Waals surface area (Å²) in [6.07, 6.45) is -1.83. The minimum absolute atomic E-state index is 0.0478. The van der Waals surface area contributed by atoms with Crippen LogP contribution in [0.4, 0.5) is 19.0 Å². The second-order valence-corrected chi connectivity index (χ2v) is 7.82. The van der Waals surface area contributed by atoms with Crippen LogP contribution in [0.25, 0.3) is 0 Å². The Morgan fingerprint density at radius 3 is 2.42 bits per heavy atom. The minimum Gasteiger partial charge on any atom is -0.477 e. The number of halogens is 4. The number of aromatic nitrogens is 4.